The highest BCUT2D eigenvalue weighted by molar-refractivity contribution is 5.79. The first-order chi connectivity index (χ1) is 12.3. The first-order valence-electron chi connectivity index (χ1n) is 9.81. The van der Waals surface area contributed by atoms with Gasteiger partial charge in [0.25, 0.3) is 0 Å². The molecule has 0 radical (unpaired) electrons. The Morgan fingerprint density at radius 2 is 2.04 bits per heavy atom. The minimum absolute atomic E-state index is 0.0425. The van der Waals surface area contributed by atoms with Gasteiger partial charge in [0, 0.05) is 44.6 Å². The Morgan fingerprint density at radius 3 is 2.84 bits per heavy atom. The van der Waals surface area contributed by atoms with Crippen LogP contribution in [0.1, 0.15) is 45.4 Å². The molecule has 2 aliphatic heterocycles. The largest absolute Gasteiger partial charge is 0.355 e. The van der Waals surface area contributed by atoms with E-state index in [1.54, 1.807) is 12.4 Å². The summed E-state index contributed by atoms with van der Waals surface area (Å²) in [7, 11) is 0. The van der Waals surface area contributed by atoms with Crippen molar-refractivity contribution in [3.63, 3.8) is 0 Å². The fourth-order valence-corrected chi connectivity index (χ4v) is 4.11. The molecule has 6 nitrogen and oxygen atoms in total. The standard InChI is InChI=1S/C19H31N5O/c1-2-17-8-3-4-12-23(17)14-11-20-18(25)16-7-5-13-24(15-16)19-21-9-6-10-22-19/h6,9-10,16-17H,2-5,7-8,11-15H2,1H3,(H,20,25)/t16-,17-/m0/s1. The van der Waals surface area contributed by atoms with E-state index < -0.39 is 0 Å². The summed E-state index contributed by atoms with van der Waals surface area (Å²) in [4.78, 5) is 25.9. The summed E-state index contributed by atoms with van der Waals surface area (Å²) in [5.74, 6) is 0.964. The fourth-order valence-electron chi connectivity index (χ4n) is 4.11. The monoisotopic (exact) mass is 345 g/mol. The molecule has 3 rings (SSSR count). The maximum atomic E-state index is 12.6. The van der Waals surface area contributed by atoms with E-state index >= 15 is 0 Å². The Hall–Kier alpha value is -1.69. The summed E-state index contributed by atoms with van der Waals surface area (Å²) in [5, 5.41) is 3.17. The SMILES string of the molecule is CC[C@H]1CCCCN1CCNC(=O)[C@H]1CCCN(c2ncccn2)C1. The molecule has 2 atom stereocenters. The summed E-state index contributed by atoms with van der Waals surface area (Å²) >= 11 is 0. The minimum atomic E-state index is 0.0425. The highest BCUT2D eigenvalue weighted by Gasteiger charge is 2.27. The number of anilines is 1. The summed E-state index contributed by atoms with van der Waals surface area (Å²) in [6, 6.07) is 2.52. The van der Waals surface area contributed by atoms with Crippen LogP contribution in [0, 0.1) is 5.92 Å². The topological polar surface area (TPSA) is 61.4 Å². The molecule has 0 saturated carbocycles. The Labute approximate surface area is 151 Å². The fraction of sp³-hybridized carbons (Fsp3) is 0.737. The number of carbonyl (C=O) groups excluding carboxylic acids is 1. The maximum absolute atomic E-state index is 12.6. The Balaban J connectivity index is 1.44. The molecule has 2 aliphatic rings. The van der Waals surface area contributed by atoms with Gasteiger partial charge in [0.2, 0.25) is 11.9 Å². The first-order valence-corrected chi connectivity index (χ1v) is 9.81. The highest BCUT2D eigenvalue weighted by atomic mass is 16.1. The van der Waals surface area contributed by atoms with Crippen LogP contribution in [0.2, 0.25) is 0 Å². The molecular formula is C19H31N5O. The van der Waals surface area contributed by atoms with Crippen molar-refractivity contribution >= 4 is 11.9 Å². The quantitative estimate of drug-likeness (QED) is 0.855. The van der Waals surface area contributed by atoms with Gasteiger partial charge in [0.1, 0.15) is 0 Å². The van der Waals surface area contributed by atoms with Crippen LogP contribution in [0.15, 0.2) is 18.5 Å². The zero-order valence-corrected chi connectivity index (χ0v) is 15.4. The molecule has 138 valence electrons. The molecule has 0 aliphatic carbocycles. The van der Waals surface area contributed by atoms with E-state index in [0.29, 0.717) is 6.04 Å². The van der Waals surface area contributed by atoms with E-state index in [-0.39, 0.29) is 11.8 Å². The third kappa shape index (κ3) is 4.91. The molecule has 1 amide bonds. The molecule has 2 fully saturated rings. The lowest BCUT2D eigenvalue weighted by Gasteiger charge is -2.35. The second kappa shape index (κ2) is 9.13. The second-order valence-corrected chi connectivity index (χ2v) is 7.22. The van der Waals surface area contributed by atoms with Crippen molar-refractivity contribution in [1.82, 2.24) is 20.2 Å². The van der Waals surface area contributed by atoms with Crippen LogP contribution >= 0.6 is 0 Å². The Bertz CT molecular complexity index is 538. The molecule has 1 aromatic heterocycles. The van der Waals surface area contributed by atoms with E-state index in [2.05, 4.69) is 32.0 Å². The normalized spacial score (nSPS) is 24.9. The molecular weight excluding hydrogens is 314 g/mol. The summed E-state index contributed by atoms with van der Waals surface area (Å²) in [6.07, 6.45) is 10.6. The average Bonchev–Trinajstić information content (AvgIpc) is 2.69. The predicted molar refractivity (Wildman–Crippen MR) is 99.5 cm³/mol. The number of hydrogen-bond donors (Lipinski definition) is 1. The van der Waals surface area contributed by atoms with Crippen LogP contribution in [0.5, 0.6) is 0 Å². The molecule has 1 N–H and O–H groups in total. The van der Waals surface area contributed by atoms with E-state index in [1.807, 2.05) is 6.07 Å². The molecule has 1 aromatic rings. The van der Waals surface area contributed by atoms with Gasteiger partial charge in [-0.1, -0.05) is 13.3 Å². The number of hydrogen-bond acceptors (Lipinski definition) is 5. The second-order valence-electron chi connectivity index (χ2n) is 7.22. The third-order valence-corrected chi connectivity index (χ3v) is 5.55. The molecule has 3 heterocycles. The number of rotatable bonds is 6. The lowest BCUT2D eigenvalue weighted by atomic mass is 9.97. The lowest BCUT2D eigenvalue weighted by molar-refractivity contribution is -0.125. The summed E-state index contributed by atoms with van der Waals surface area (Å²) < 4.78 is 0. The molecule has 0 bridgehead atoms. The number of nitrogens with zero attached hydrogens (tertiary/aromatic N) is 4. The molecule has 6 heteroatoms. The molecule has 0 aromatic carbocycles. The zero-order chi connectivity index (χ0) is 17.5. The van der Waals surface area contributed by atoms with Crippen LogP contribution in [0.3, 0.4) is 0 Å². The van der Waals surface area contributed by atoms with E-state index in [1.165, 1.54) is 32.2 Å². The number of carbonyl (C=O) groups is 1. The van der Waals surface area contributed by atoms with Gasteiger partial charge in [-0.05, 0) is 44.7 Å². The van der Waals surface area contributed by atoms with Crippen molar-refractivity contribution in [3.05, 3.63) is 18.5 Å². The smallest absolute Gasteiger partial charge is 0.225 e. The van der Waals surface area contributed by atoms with Gasteiger partial charge in [-0.25, -0.2) is 9.97 Å². The van der Waals surface area contributed by atoms with Gasteiger partial charge in [0.05, 0.1) is 5.92 Å². The molecule has 2 saturated heterocycles. The van der Waals surface area contributed by atoms with E-state index in [0.717, 1.165) is 45.0 Å². The number of aromatic nitrogens is 2. The molecule has 0 unspecified atom stereocenters. The van der Waals surface area contributed by atoms with E-state index in [4.69, 9.17) is 0 Å². The minimum Gasteiger partial charge on any atom is -0.355 e. The number of piperidine rings is 2. The van der Waals surface area contributed by atoms with Crippen LogP contribution in [0.4, 0.5) is 5.95 Å². The van der Waals surface area contributed by atoms with Gasteiger partial charge in [-0.2, -0.15) is 0 Å². The van der Waals surface area contributed by atoms with Crippen molar-refractivity contribution < 1.29 is 4.79 Å². The zero-order valence-electron chi connectivity index (χ0n) is 15.4. The van der Waals surface area contributed by atoms with Crippen molar-refractivity contribution in [2.45, 2.75) is 51.5 Å². The van der Waals surface area contributed by atoms with Gasteiger partial charge in [-0.3, -0.25) is 9.69 Å². The number of amides is 1. The van der Waals surface area contributed by atoms with Crippen LogP contribution < -0.4 is 10.2 Å². The Kier molecular flexibility index (Phi) is 6.62. The van der Waals surface area contributed by atoms with Crippen molar-refractivity contribution in [1.29, 1.82) is 0 Å². The average molecular weight is 345 g/mol. The van der Waals surface area contributed by atoms with Gasteiger partial charge < -0.3 is 10.2 Å². The predicted octanol–water partition coefficient (Wildman–Crippen LogP) is 2.07. The third-order valence-electron chi connectivity index (χ3n) is 5.55. The van der Waals surface area contributed by atoms with Crippen LogP contribution in [-0.4, -0.2) is 59.5 Å². The van der Waals surface area contributed by atoms with Crippen molar-refractivity contribution in [2.75, 3.05) is 37.6 Å². The van der Waals surface area contributed by atoms with Crippen molar-refractivity contribution in [2.24, 2.45) is 5.92 Å². The Morgan fingerprint density at radius 1 is 1.20 bits per heavy atom. The van der Waals surface area contributed by atoms with Gasteiger partial charge in [-0.15, -0.1) is 0 Å². The van der Waals surface area contributed by atoms with E-state index in [9.17, 15) is 4.79 Å². The summed E-state index contributed by atoms with van der Waals surface area (Å²) in [6.45, 7) is 6.83. The number of nitrogens with one attached hydrogen (secondary N) is 1. The van der Waals surface area contributed by atoms with Gasteiger partial charge in [0.15, 0.2) is 0 Å². The highest BCUT2D eigenvalue weighted by Crippen LogP contribution is 2.21. The number of likely N-dealkylation sites (tertiary alicyclic amines) is 1. The summed E-state index contributed by atoms with van der Waals surface area (Å²) in [5.41, 5.74) is 0. The van der Waals surface area contributed by atoms with Crippen LogP contribution in [-0.2, 0) is 4.79 Å². The maximum Gasteiger partial charge on any atom is 0.225 e. The van der Waals surface area contributed by atoms with Crippen LogP contribution in [0.25, 0.3) is 0 Å². The molecule has 25 heavy (non-hydrogen) atoms. The first kappa shape index (κ1) is 18.1. The van der Waals surface area contributed by atoms with Crippen molar-refractivity contribution in [3.8, 4) is 0 Å². The van der Waals surface area contributed by atoms with Gasteiger partial charge >= 0.3 is 0 Å². The lowest BCUT2D eigenvalue weighted by Crippen LogP contribution is -2.47. The molecule has 0 spiro atoms.